The maximum absolute atomic E-state index is 14.5. The SMILES string of the molecule is CCC[C@H](CC(=O)[C@@H]1C[C@]2(CC(c3ccc(F)c(Cl)c3)=NO2)CN1C(=O)[C@@H](NC(=O)OC1CCCC1)C(C)(C)C)C(=O)C(=O)CC1CC1. The molecule has 1 saturated heterocycles. The first-order valence-electron chi connectivity index (χ1n) is 17.3. The molecule has 4 atom stereocenters. The number of halogens is 2. The number of nitrogens with one attached hydrogen (secondary N) is 1. The Morgan fingerprint density at radius 2 is 1.85 bits per heavy atom. The zero-order chi connectivity index (χ0) is 34.8. The Hall–Kier alpha value is -3.34. The minimum atomic E-state index is -1.08. The number of ketones is 3. The first-order chi connectivity index (χ1) is 22.7. The summed E-state index contributed by atoms with van der Waals surface area (Å²) in [5.74, 6) is -2.90. The van der Waals surface area contributed by atoms with Crippen molar-refractivity contribution in [2.45, 2.75) is 129 Å². The average Bonchev–Trinajstić information content (AvgIpc) is 3.38. The minimum absolute atomic E-state index is 0.0108. The molecule has 0 aromatic heterocycles. The molecular weight excluding hydrogens is 641 g/mol. The van der Waals surface area contributed by atoms with E-state index in [2.05, 4.69) is 10.5 Å². The van der Waals surface area contributed by atoms with E-state index in [1.807, 2.05) is 27.7 Å². The molecule has 2 aliphatic heterocycles. The highest BCUT2D eigenvalue weighted by atomic mass is 35.5. The van der Waals surface area contributed by atoms with Crippen LogP contribution in [-0.2, 0) is 28.8 Å². The van der Waals surface area contributed by atoms with Crippen LogP contribution >= 0.6 is 11.6 Å². The van der Waals surface area contributed by atoms with Gasteiger partial charge >= 0.3 is 6.09 Å². The molecule has 48 heavy (non-hydrogen) atoms. The van der Waals surface area contributed by atoms with E-state index in [0.717, 1.165) is 38.5 Å². The summed E-state index contributed by atoms with van der Waals surface area (Å²) in [6, 6.07) is 2.20. The second-order valence-electron chi connectivity index (χ2n) is 15.2. The lowest BCUT2D eigenvalue weighted by Gasteiger charge is -2.35. The fourth-order valence-corrected chi connectivity index (χ4v) is 7.28. The second-order valence-corrected chi connectivity index (χ2v) is 15.6. The molecule has 2 saturated carbocycles. The lowest BCUT2D eigenvalue weighted by Crippen LogP contribution is -2.57. The van der Waals surface area contributed by atoms with Gasteiger partial charge in [0.1, 0.15) is 18.0 Å². The van der Waals surface area contributed by atoms with Crippen LogP contribution < -0.4 is 5.32 Å². The predicted octanol–water partition coefficient (Wildman–Crippen LogP) is 6.34. The topological polar surface area (TPSA) is 131 Å². The van der Waals surface area contributed by atoms with E-state index >= 15 is 0 Å². The second kappa shape index (κ2) is 14.6. The number of nitrogens with zero attached hydrogens (tertiary/aromatic N) is 2. The summed E-state index contributed by atoms with van der Waals surface area (Å²) in [6.07, 6.45) is 5.77. The number of Topliss-reactive ketones (excluding diaryl/α,β-unsaturated/α-hetero) is 3. The normalized spacial score (nSPS) is 23.8. The van der Waals surface area contributed by atoms with Crippen LogP contribution in [0.4, 0.5) is 9.18 Å². The van der Waals surface area contributed by atoms with Crippen LogP contribution in [0, 0.1) is 23.1 Å². The number of ether oxygens (including phenoxy) is 1. The van der Waals surface area contributed by atoms with E-state index in [4.69, 9.17) is 21.2 Å². The van der Waals surface area contributed by atoms with Crippen LogP contribution in [0.15, 0.2) is 23.4 Å². The maximum atomic E-state index is 14.5. The highest BCUT2D eigenvalue weighted by Gasteiger charge is 2.55. The van der Waals surface area contributed by atoms with Crippen LogP contribution in [0.2, 0.25) is 5.02 Å². The molecule has 3 fully saturated rings. The summed E-state index contributed by atoms with van der Waals surface area (Å²) in [6.45, 7) is 7.35. The van der Waals surface area contributed by atoms with Gasteiger partial charge in [0.2, 0.25) is 11.7 Å². The molecule has 10 nitrogen and oxygen atoms in total. The number of oxime groups is 1. The van der Waals surface area contributed by atoms with Crippen molar-refractivity contribution in [3.63, 3.8) is 0 Å². The smallest absolute Gasteiger partial charge is 0.408 e. The monoisotopic (exact) mass is 687 g/mol. The maximum Gasteiger partial charge on any atom is 0.408 e. The highest BCUT2D eigenvalue weighted by molar-refractivity contribution is 6.38. The van der Waals surface area contributed by atoms with Crippen molar-refractivity contribution in [3.05, 3.63) is 34.6 Å². The Morgan fingerprint density at radius 1 is 1.15 bits per heavy atom. The first kappa shape index (κ1) is 36.0. The molecule has 0 radical (unpaired) electrons. The molecule has 2 aliphatic carbocycles. The van der Waals surface area contributed by atoms with Gasteiger partial charge in [-0.25, -0.2) is 9.18 Å². The molecular formula is C36H47ClFN3O7. The molecule has 0 unspecified atom stereocenters. The third kappa shape index (κ3) is 8.44. The number of benzene rings is 1. The molecule has 0 bridgehead atoms. The van der Waals surface area contributed by atoms with E-state index in [0.29, 0.717) is 24.1 Å². The van der Waals surface area contributed by atoms with Gasteiger partial charge in [0.15, 0.2) is 17.2 Å². The Morgan fingerprint density at radius 3 is 2.48 bits per heavy atom. The molecule has 12 heteroatoms. The lowest BCUT2D eigenvalue weighted by molar-refractivity contribution is -0.143. The fourth-order valence-electron chi connectivity index (χ4n) is 7.10. The number of rotatable bonds is 13. The Kier molecular flexibility index (Phi) is 11.0. The molecule has 262 valence electrons. The number of carbonyl (C=O) groups is 5. The van der Waals surface area contributed by atoms with E-state index in [9.17, 15) is 28.4 Å². The predicted molar refractivity (Wildman–Crippen MR) is 177 cm³/mol. The van der Waals surface area contributed by atoms with E-state index in [1.165, 1.54) is 23.1 Å². The third-order valence-corrected chi connectivity index (χ3v) is 10.3. The molecule has 2 amide bonds. The molecule has 5 rings (SSSR count). The van der Waals surface area contributed by atoms with Crippen molar-refractivity contribution in [1.29, 1.82) is 0 Å². The number of hydrogen-bond acceptors (Lipinski definition) is 8. The van der Waals surface area contributed by atoms with Crippen LogP contribution in [0.25, 0.3) is 0 Å². The fraction of sp³-hybridized carbons (Fsp3) is 0.667. The Balaban J connectivity index is 1.39. The van der Waals surface area contributed by atoms with Gasteiger partial charge in [-0.15, -0.1) is 0 Å². The van der Waals surface area contributed by atoms with Gasteiger partial charge in [-0.3, -0.25) is 19.2 Å². The summed E-state index contributed by atoms with van der Waals surface area (Å²) in [5.41, 5.74) is -0.788. The lowest BCUT2D eigenvalue weighted by atomic mass is 9.84. The number of carbonyl (C=O) groups excluding carboxylic acids is 5. The molecule has 4 aliphatic rings. The minimum Gasteiger partial charge on any atom is -0.446 e. The largest absolute Gasteiger partial charge is 0.446 e. The van der Waals surface area contributed by atoms with Crippen LogP contribution in [0.1, 0.15) is 110 Å². The molecule has 2 heterocycles. The van der Waals surface area contributed by atoms with Crippen LogP contribution in [0.5, 0.6) is 0 Å². The Labute approximate surface area is 286 Å². The molecule has 1 N–H and O–H groups in total. The van der Waals surface area contributed by atoms with Gasteiger partial charge in [-0.1, -0.05) is 56.9 Å². The van der Waals surface area contributed by atoms with Gasteiger partial charge in [-0.2, -0.15) is 0 Å². The van der Waals surface area contributed by atoms with E-state index in [-0.39, 0.29) is 55.1 Å². The molecule has 1 spiro atoms. The van der Waals surface area contributed by atoms with E-state index in [1.54, 1.807) is 0 Å². The van der Waals surface area contributed by atoms with Crippen molar-refractivity contribution in [2.24, 2.45) is 22.4 Å². The summed E-state index contributed by atoms with van der Waals surface area (Å²) in [7, 11) is 0. The number of alkyl carbamates (subject to hydrolysis) is 1. The third-order valence-electron chi connectivity index (χ3n) is 10.00. The van der Waals surface area contributed by atoms with Crippen molar-refractivity contribution in [1.82, 2.24) is 10.2 Å². The summed E-state index contributed by atoms with van der Waals surface area (Å²) < 4.78 is 19.5. The standard InChI is InChI=1S/C36H47ClFN3O7/c1-5-8-23(31(44)30(43)15-21-11-12-21)17-29(42)28-19-36(18-27(40-48-36)22-13-14-26(38)25(37)16-22)20-41(28)33(45)32(35(2,3)4)39-34(46)47-24-9-6-7-10-24/h13-14,16,21,23-24,28,32H,5-12,15,17-20H2,1-4H3,(H,39,46)/t23-,28+,32-,36-/m1/s1. The van der Waals surface area contributed by atoms with E-state index < -0.39 is 58.4 Å². The first-order valence-corrected chi connectivity index (χ1v) is 17.7. The quantitative estimate of drug-likeness (QED) is 0.240. The van der Waals surface area contributed by atoms with Gasteiger partial charge in [0, 0.05) is 37.2 Å². The van der Waals surface area contributed by atoms with Gasteiger partial charge in [0.25, 0.3) is 0 Å². The van der Waals surface area contributed by atoms with Crippen molar-refractivity contribution < 1.29 is 37.9 Å². The summed E-state index contributed by atoms with van der Waals surface area (Å²) in [5, 5.41) is 6.98. The van der Waals surface area contributed by atoms with Crippen molar-refractivity contribution in [2.75, 3.05) is 6.54 Å². The number of amides is 2. The van der Waals surface area contributed by atoms with Crippen LogP contribution in [0.3, 0.4) is 0 Å². The van der Waals surface area contributed by atoms with Gasteiger partial charge in [0.05, 0.1) is 23.3 Å². The average molecular weight is 688 g/mol. The Bertz CT molecular complexity index is 1470. The van der Waals surface area contributed by atoms with Crippen molar-refractivity contribution >= 4 is 46.7 Å². The number of hydrogen-bond donors (Lipinski definition) is 1. The summed E-state index contributed by atoms with van der Waals surface area (Å²) in [4.78, 5) is 75.1. The van der Waals surface area contributed by atoms with Gasteiger partial charge < -0.3 is 19.8 Å². The summed E-state index contributed by atoms with van der Waals surface area (Å²) >= 11 is 6.03. The zero-order valence-corrected chi connectivity index (χ0v) is 29.1. The number of likely N-dealkylation sites (tertiary alicyclic amines) is 1. The van der Waals surface area contributed by atoms with Crippen LogP contribution in [-0.4, -0.2) is 70.3 Å². The zero-order valence-electron chi connectivity index (χ0n) is 28.3. The highest BCUT2D eigenvalue weighted by Crippen LogP contribution is 2.41. The molecule has 1 aromatic carbocycles. The van der Waals surface area contributed by atoms with Gasteiger partial charge in [-0.05, 0) is 68.4 Å². The van der Waals surface area contributed by atoms with Crippen molar-refractivity contribution in [3.8, 4) is 0 Å². The molecule has 1 aromatic rings.